The number of aromatic nitrogens is 3. The van der Waals surface area contributed by atoms with E-state index in [4.69, 9.17) is 0 Å². The summed E-state index contributed by atoms with van der Waals surface area (Å²) in [5.41, 5.74) is 0.837. The zero-order valence-corrected chi connectivity index (χ0v) is 10.2. The summed E-state index contributed by atoms with van der Waals surface area (Å²) in [6, 6.07) is 0.0758. The minimum atomic E-state index is -0.328. The summed E-state index contributed by atoms with van der Waals surface area (Å²) in [5.74, 6) is -0.0757. The van der Waals surface area contributed by atoms with Crippen LogP contribution in [0, 0.1) is 0 Å². The zero-order chi connectivity index (χ0) is 12.1. The van der Waals surface area contributed by atoms with E-state index in [-0.39, 0.29) is 11.9 Å². The molecule has 1 heterocycles. The third-order valence-corrected chi connectivity index (χ3v) is 2.27. The van der Waals surface area contributed by atoms with Crippen LogP contribution in [0.5, 0.6) is 0 Å². The van der Waals surface area contributed by atoms with Crippen LogP contribution in [0.4, 0.5) is 0 Å². The Bertz CT molecular complexity index is 347. The van der Waals surface area contributed by atoms with Crippen molar-refractivity contribution in [3.8, 4) is 0 Å². The monoisotopic (exact) mass is 225 g/mol. The summed E-state index contributed by atoms with van der Waals surface area (Å²) in [7, 11) is 1.61. The van der Waals surface area contributed by atoms with Gasteiger partial charge in [0.05, 0.1) is 11.9 Å². The van der Waals surface area contributed by atoms with Crippen molar-refractivity contribution in [2.75, 3.05) is 7.05 Å². The first-order valence-corrected chi connectivity index (χ1v) is 5.40. The van der Waals surface area contributed by atoms with Gasteiger partial charge in [0.15, 0.2) is 0 Å². The Morgan fingerprint density at radius 1 is 1.50 bits per heavy atom. The second-order valence-corrected chi connectivity index (χ2v) is 4.02. The molecule has 16 heavy (non-hydrogen) atoms. The average Bonchev–Trinajstić information content (AvgIpc) is 2.72. The van der Waals surface area contributed by atoms with Crippen molar-refractivity contribution in [1.29, 1.82) is 0 Å². The Morgan fingerprint density at radius 3 is 2.75 bits per heavy atom. The van der Waals surface area contributed by atoms with Gasteiger partial charge in [0, 0.05) is 19.6 Å². The van der Waals surface area contributed by atoms with E-state index < -0.39 is 0 Å². The lowest BCUT2D eigenvalue weighted by atomic mass is 10.3. The maximum absolute atomic E-state index is 11.4. The van der Waals surface area contributed by atoms with Crippen molar-refractivity contribution in [3.63, 3.8) is 0 Å². The first kappa shape index (κ1) is 12.6. The van der Waals surface area contributed by atoms with E-state index in [1.807, 2.05) is 0 Å². The summed E-state index contributed by atoms with van der Waals surface area (Å²) in [5, 5.41) is 13.7. The van der Waals surface area contributed by atoms with Crippen LogP contribution in [0.2, 0.25) is 0 Å². The summed E-state index contributed by atoms with van der Waals surface area (Å²) >= 11 is 0. The summed E-state index contributed by atoms with van der Waals surface area (Å²) < 4.78 is 1.57. The van der Waals surface area contributed by atoms with Gasteiger partial charge in [-0.1, -0.05) is 19.1 Å². The van der Waals surface area contributed by atoms with Crippen molar-refractivity contribution in [1.82, 2.24) is 25.6 Å². The molecule has 1 unspecified atom stereocenters. The predicted molar refractivity (Wildman–Crippen MR) is 60.8 cm³/mol. The van der Waals surface area contributed by atoms with Gasteiger partial charge in [-0.25, -0.2) is 4.68 Å². The van der Waals surface area contributed by atoms with E-state index in [1.165, 1.54) is 0 Å². The minimum Gasteiger partial charge on any atom is -0.357 e. The summed E-state index contributed by atoms with van der Waals surface area (Å²) in [6.07, 6.45) is 1.79. The van der Waals surface area contributed by atoms with Crippen LogP contribution in [0.25, 0.3) is 0 Å². The average molecular weight is 225 g/mol. The number of nitrogens with one attached hydrogen (secondary N) is 2. The highest BCUT2D eigenvalue weighted by molar-refractivity contribution is 5.79. The van der Waals surface area contributed by atoms with Crippen molar-refractivity contribution in [3.05, 3.63) is 11.9 Å². The van der Waals surface area contributed by atoms with E-state index in [0.29, 0.717) is 12.6 Å². The van der Waals surface area contributed by atoms with Gasteiger partial charge in [-0.05, 0) is 6.92 Å². The lowest BCUT2D eigenvalue weighted by Gasteiger charge is -2.08. The first-order valence-electron chi connectivity index (χ1n) is 5.40. The lowest BCUT2D eigenvalue weighted by molar-refractivity contribution is -0.123. The Labute approximate surface area is 95.4 Å². The molecule has 0 saturated heterocycles. The number of hydrogen-bond acceptors (Lipinski definition) is 4. The number of nitrogens with zero attached hydrogens (tertiary/aromatic N) is 3. The molecule has 90 valence electrons. The molecule has 0 radical (unpaired) electrons. The predicted octanol–water partition coefficient (Wildman–Crippen LogP) is 0.0831. The highest BCUT2D eigenvalue weighted by Gasteiger charge is 2.14. The molecule has 2 N–H and O–H groups in total. The number of carbonyl (C=O) groups is 1. The van der Waals surface area contributed by atoms with Crippen LogP contribution in [0.3, 0.4) is 0 Å². The molecule has 6 heteroatoms. The van der Waals surface area contributed by atoms with Crippen LogP contribution in [0.15, 0.2) is 6.20 Å². The molecular weight excluding hydrogens is 206 g/mol. The van der Waals surface area contributed by atoms with Gasteiger partial charge in [-0.15, -0.1) is 5.10 Å². The number of hydrogen-bond donors (Lipinski definition) is 2. The SMILES string of the molecule is CNC(=O)C(C)n1cc(CNC(C)C)nn1. The number of likely N-dealkylation sites (N-methyl/N-ethyl adjacent to an activating group) is 1. The number of rotatable bonds is 5. The van der Waals surface area contributed by atoms with Crippen LogP contribution in [-0.4, -0.2) is 34.0 Å². The quantitative estimate of drug-likeness (QED) is 0.744. The van der Waals surface area contributed by atoms with Crippen molar-refractivity contribution in [2.45, 2.75) is 39.4 Å². The summed E-state index contributed by atoms with van der Waals surface area (Å²) in [4.78, 5) is 11.4. The Hall–Kier alpha value is -1.43. The van der Waals surface area contributed by atoms with Gasteiger partial charge in [0.25, 0.3) is 0 Å². The fourth-order valence-electron chi connectivity index (χ4n) is 1.22. The molecule has 1 amide bonds. The fourth-order valence-corrected chi connectivity index (χ4v) is 1.22. The van der Waals surface area contributed by atoms with E-state index >= 15 is 0 Å². The minimum absolute atomic E-state index is 0.0757. The first-order chi connectivity index (χ1) is 7.54. The Kier molecular flexibility index (Phi) is 4.42. The fraction of sp³-hybridized carbons (Fsp3) is 0.700. The molecule has 0 aliphatic heterocycles. The molecule has 0 aromatic carbocycles. The van der Waals surface area contributed by atoms with Crippen molar-refractivity contribution >= 4 is 5.91 Å². The highest BCUT2D eigenvalue weighted by atomic mass is 16.2. The lowest BCUT2D eigenvalue weighted by Crippen LogP contribution is -2.28. The zero-order valence-electron chi connectivity index (χ0n) is 10.2. The van der Waals surface area contributed by atoms with Crippen LogP contribution in [0.1, 0.15) is 32.5 Å². The van der Waals surface area contributed by atoms with E-state index in [0.717, 1.165) is 5.69 Å². The van der Waals surface area contributed by atoms with E-state index in [1.54, 1.807) is 24.9 Å². The molecule has 1 aromatic heterocycles. The Balaban J connectivity index is 2.60. The van der Waals surface area contributed by atoms with Gasteiger partial charge in [-0.3, -0.25) is 4.79 Å². The topological polar surface area (TPSA) is 71.8 Å². The van der Waals surface area contributed by atoms with Crippen LogP contribution in [-0.2, 0) is 11.3 Å². The molecule has 0 aliphatic carbocycles. The van der Waals surface area contributed by atoms with Gasteiger partial charge in [0.2, 0.25) is 5.91 Å². The second kappa shape index (κ2) is 5.60. The molecule has 0 fully saturated rings. The van der Waals surface area contributed by atoms with E-state index in [9.17, 15) is 4.79 Å². The van der Waals surface area contributed by atoms with Crippen molar-refractivity contribution < 1.29 is 4.79 Å². The molecule has 0 aliphatic rings. The standard InChI is InChI=1S/C10H19N5O/c1-7(2)12-5-9-6-15(14-13-9)8(3)10(16)11-4/h6-8,12H,5H2,1-4H3,(H,11,16). The van der Waals surface area contributed by atoms with Crippen LogP contribution >= 0.6 is 0 Å². The molecule has 1 rings (SSSR count). The number of amides is 1. The molecule has 1 atom stereocenters. The highest BCUT2D eigenvalue weighted by Crippen LogP contribution is 2.04. The molecule has 0 saturated carbocycles. The third-order valence-electron chi connectivity index (χ3n) is 2.27. The van der Waals surface area contributed by atoms with Gasteiger partial charge in [0.1, 0.15) is 6.04 Å². The van der Waals surface area contributed by atoms with E-state index in [2.05, 4.69) is 34.8 Å². The normalized spacial score (nSPS) is 12.8. The molecular formula is C10H19N5O. The molecule has 0 spiro atoms. The largest absolute Gasteiger partial charge is 0.357 e. The smallest absolute Gasteiger partial charge is 0.244 e. The molecule has 1 aromatic rings. The maximum atomic E-state index is 11.4. The van der Waals surface area contributed by atoms with Gasteiger partial charge >= 0.3 is 0 Å². The molecule has 6 nitrogen and oxygen atoms in total. The van der Waals surface area contributed by atoms with Gasteiger partial charge < -0.3 is 10.6 Å². The number of carbonyl (C=O) groups excluding carboxylic acids is 1. The Morgan fingerprint density at radius 2 is 2.19 bits per heavy atom. The van der Waals surface area contributed by atoms with Gasteiger partial charge in [-0.2, -0.15) is 0 Å². The second-order valence-electron chi connectivity index (χ2n) is 4.02. The summed E-state index contributed by atoms with van der Waals surface area (Å²) in [6.45, 7) is 6.58. The maximum Gasteiger partial charge on any atom is 0.244 e. The third kappa shape index (κ3) is 3.30. The van der Waals surface area contributed by atoms with Crippen LogP contribution < -0.4 is 10.6 Å². The molecule has 0 bridgehead atoms. The van der Waals surface area contributed by atoms with Crippen molar-refractivity contribution in [2.24, 2.45) is 0 Å².